The Morgan fingerprint density at radius 1 is 1.42 bits per heavy atom. The molecule has 3 rings (SSSR count). The van der Waals surface area contributed by atoms with Gasteiger partial charge in [-0.25, -0.2) is 0 Å². The lowest BCUT2D eigenvalue weighted by Gasteiger charge is -2.20. The zero-order valence-electron chi connectivity index (χ0n) is 11.5. The van der Waals surface area contributed by atoms with Crippen LogP contribution in [0, 0.1) is 0 Å². The fourth-order valence-electron chi connectivity index (χ4n) is 2.75. The molecule has 1 aliphatic heterocycles. The Morgan fingerprint density at radius 3 is 3.00 bits per heavy atom. The van der Waals surface area contributed by atoms with Crippen LogP contribution in [0.3, 0.4) is 0 Å². The number of ketones is 1. The van der Waals surface area contributed by atoms with Gasteiger partial charge in [0.15, 0.2) is 5.78 Å². The van der Waals surface area contributed by atoms with Crippen LogP contribution >= 0.6 is 0 Å². The topological polar surface area (TPSA) is 29.5 Å². The molecule has 0 atom stereocenters. The third-order valence-electron chi connectivity index (χ3n) is 3.93. The number of carbonyl (C=O) groups excluding carboxylic acids is 1. The van der Waals surface area contributed by atoms with Gasteiger partial charge in [-0.15, -0.1) is 0 Å². The second kappa shape index (κ2) is 5.33. The maximum absolute atomic E-state index is 12.4. The summed E-state index contributed by atoms with van der Waals surface area (Å²) < 4.78 is 5.48. The third kappa shape index (κ3) is 2.81. The molecule has 0 bridgehead atoms. The van der Waals surface area contributed by atoms with Crippen LogP contribution in [0.15, 0.2) is 18.2 Å². The molecule has 3 heteroatoms. The molecule has 0 radical (unpaired) electrons. The van der Waals surface area contributed by atoms with E-state index >= 15 is 0 Å². The van der Waals surface area contributed by atoms with Gasteiger partial charge in [-0.05, 0) is 49.6 Å². The molecule has 2 aliphatic rings. The minimum absolute atomic E-state index is 0.245. The first-order valence-corrected chi connectivity index (χ1v) is 7.31. The highest BCUT2D eigenvalue weighted by atomic mass is 16.5. The number of hydrogen-bond acceptors (Lipinski definition) is 3. The Labute approximate surface area is 114 Å². The smallest absolute Gasteiger partial charge is 0.176 e. The fraction of sp³-hybridized carbons (Fsp3) is 0.562. The monoisotopic (exact) mass is 259 g/mol. The highest BCUT2D eigenvalue weighted by Crippen LogP contribution is 2.28. The third-order valence-corrected chi connectivity index (χ3v) is 3.93. The summed E-state index contributed by atoms with van der Waals surface area (Å²) in [5.41, 5.74) is 2.02. The molecule has 102 valence electrons. The predicted molar refractivity (Wildman–Crippen MR) is 74.9 cm³/mol. The lowest BCUT2D eigenvalue weighted by Crippen LogP contribution is -2.32. The zero-order chi connectivity index (χ0) is 13.2. The van der Waals surface area contributed by atoms with Crippen LogP contribution in [-0.4, -0.2) is 36.4 Å². The first-order valence-electron chi connectivity index (χ1n) is 7.31. The van der Waals surface area contributed by atoms with Crippen molar-refractivity contribution < 1.29 is 9.53 Å². The van der Waals surface area contributed by atoms with Crippen LogP contribution in [0.25, 0.3) is 0 Å². The van der Waals surface area contributed by atoms with E-state index in [0.29, 0.717) is 12.6 Å². The van der Waals surface area contributed by atoms with Gasteiger partial charge in [0, 0.05) is 18.0 Å². The molecule has 0 spiro atoms. The maximum Gasteiger partial charge on any atom is 0.176 e. The number of benzene rings is 1. The van der Waals surface area contributed by atoms with E-state index in [0.717, 1.165) is 37.3 Å². The van der Waals surface area contributed by atoms with Gasteiger partial charge < -0.3 is 4.74 Å². The van der Waals surface area contributed by atoms with Crippen LogP contribution in [0.1, 0.15) is 42.1 Å². The van der Waals surface area contributed by atoms with Gasteiger partial charge >= 0.3 is 0 Å². The van der Waals surface area contributed by atoms with E-state index in [2.05, 4.69) is 11.8 Å². The van der Waals surface area contributed by atoms with Crippen molar-refractivity contribution in [3.8, 4) is 5.75 Å². The summed E-state index contributed by atoms with van der Waals surface area (Å²) in [6.45, 7) is 4.52. The fourth-order valence-corrected chi connectivity index (χ4v) is 2.75. The molecule has 1 saturated carbocycles. The summed E-state index contributed by atoms with van der Waals surface area (Å²) in [6.07, 6.45) is 4.55. The summed E-state index contributed by atoms with van der Waals surface area (Å²) >= 11 is 0. The first-order chi connectivity index (χ1) is 9.28. The average Bonchev–Trinajstić information content (AvgIpc) is 3.15. The van der Waals surface area contributed by atoms with Gasteiger partial charge in [0.2, 0.25) is 0 Å². The van der Waals surface area contributed by atoms with Crippen molar-refractivity contribution >= 4 is 5.78 Å². The Morgan fingerprint density at radius 2 is 2.26 bits per heavy atom. The molecule has 0 amide bonds. The number of fused-ring (bicyclic) bond motifs is 1. The summed E-state index contributed by atoms with van der Waals surface area (Å²) in [7, 11) is 0. The molecule has 1 heterocycles. The van der Waals surface area contributed by atoms with Crippen molar-refractivity contribution in [2.75, 3.05) is 19.7 Å². The summed E-state index contributed by atoms with van der Waals surface area (Å²) in [5, 5.41) is 0. The molecule has 1 aromatic rings. The van der Waals surface area contributed by atoms with Crippen LogP contribution < -0.4 is 4.74 Å². The molecule has 0 aromatic heterocycles. The number of Topliss-reactive ketones (excluding diaryl/α,β-unsaturated/α-hetero) is 1. The van der Waals surface area contributed by atoms with Gasteiger partial charge in [0.25, 0.3) is 0 Å². The highest BCUT2D eigenvalue weighted by molar-refractivity contribution is 5.98. The SMILES string of the molecule is CCCN(CC(=O)c1ccc2c(c1)CCO2)C1CC1. The molecular formula is C16H21NO2. The van der Waals surface area contributed by atoms with Gasteiger partial charge in [-0.2, -0.15) is 0 Å². The Bertz CT molecular complexity index is 480. The lowest BCUT2D eigenvalue weighted by molar-refractivity contribution is 0.0924. The summed E-state index contributed by atoms with van der Waals surface area (Å²) in [4.78, 5) is 14.7. The van der Waals surface area contributed by atoms with Gasteiger partial charge in [-0.3, -0.25) is 9.69 Å². The molecule has 1 aromatic carbocycles. The van der Waals surface area contributed by atoms with Crippen molar-refractivity contribution in [2.24, 2.45) is 0 Å². The van der Waals surface area contributed by atoms with Gasteiger partial charge in [0.05, 0.1) is 13.2 Å². The van der Waals surface area contributed by atoms with E-state index in [4.69, 9.17) is 4.74 Å². The van der Waals surface area contributed by atoms with E-state index in [1.807, 2.05) is 18.2 Å². The van der Waals surface area contributed by atoms with Gasteiger partial charge in [-0.1, -0.05) is 6.92 Å². The summed E-state index contributed by atoms with van der Waals surface area (Å²) in [5.74, 6) is 1.19. The van der Waals surface area contributed by atoms with Crippen LogP contribution in [0.4, 0.5) is 0 Å². The molecule has 1 aliphatic carbocycles. The average molecular weight is 259 g/mol. The number of rotatable bonds is 6. The van der Waals surface area contributed by atoms with E-state index < -0.39 is 0 Å². The van der Waals surface area contributed by atoms with E-state index in [1.165, 1.54) is 18.4 Å². The van der Waals surface area contributed by atoms with Crippen molar-refractivity contribution in [3.63, 3.8) is 0 Å². The minimum Gasteiger partial charge on any atom is -0.493 e. The number of hydrogen-bond donors (Lipinski definition) is 0. The molecule has 3 nitrogen and oxygen atoms in total. The van der Waals surface area contributed by atoms with Crippen LogP contribution in [0.2, 0.25) is 0 Å². The molecule has 0 saturated heterocycles. The second-order valence-corrected chi connectivity index (χ2v) is 5.55. The molecule has 0 unspecified atom stereocenters. The number of ether oxygens (including phenoxy) is 1. The molecular weight excluding hydrogens is 238 g/mol. The quantitative estimate of drug-likeness (QED) is 0.736. The minimum atomic E-state index is 0.245. The van der Waals surface area contributed by atoms with Crippen LogP contribution in [-0.2, 0) is 6.42 Å². The zero-order valence-corrected chi connectivity index (χ0v) is 11.5. The lowest BCUT2D eigenvalue weighted by atomic mass is 10.0. The predicted octanol–water partition coefficient (Wildman–Crippen LogP) is 2.68. The van der Waals surface area contributed by atoms with Crippen molar-refractivity contribution in [1.29, 1.82) is 0 Å². The van der Waals surface area contributed by atoms with E-state index in [1.54, 1.807) is 0 Å². The van der Waals surface area contributed by atoms with E-state index in [-0.39, 0.29) is 5.78 Å². The largest absolute Gasteiger partial charge is 0.493 e. The Kier molecular flexibility index (Phi) is 3.56. The van der Waals surface area contributed by atoms with Crippen molar-refractivity contribution in [3.05, 3.63) is 29.3 Å². The molecule has 0 N–H and O–H groups in total. The number of nitrogens with zero attached hydrogens (tertiary/aromatic N) is 1. The van der Waals surface area contributed by atoms with Crippen molar-refractivity contribution in [2.45, 2.75) is 38.6 Å². The normalized spacial score (nSPS) is 17.4. The Hall–Kier alpha value is -1.35. The summed E-state index contributed by atoms with van der Waals surface area (Å²) in [6, 6.07) is 6.52. The van der Waals surface area contributed by atoms with E-state index in [9.17, 15) is 4.79 Å². The highest BCUT2D eigenvalue weighted by Gasteiger charge is 2.29. The maximum atomic E-state index is 12.4. The van der Waals surface area contributed by atoms with Gasteiger partial charge in [0.1, 0.15) is 5.75 Å². The molecule has 1 fully saturated rings. The molecule has 19 heavy (non-hydrogen) atoms. The number of carbonyl (C=O) groups is 1. The first kappa shape index (κ1) is 12.7. The van der Waals surface area contributed by atoms with Crippen LogP contribution in [0.5, 0.6) is 5.75 Å². The standard InChI is InChI=1S/C16H21NO2/c1-2-8-17(14-4-5-14)11-15(18)12-3-6-16-13(10-12)7-9-19-16/h3,6,10,14H,2,4-5,7-9,11H2,1H3. The second-order valence-electron chi connectivity index (χ2n) is 5.55. The Balaban J connectivity index is 1.69. The van der Waals surface area contributed by atoms with Crippen molar-refractivity contribution in [1.82, 2.24) is 4.90 Å².